The van der Waals surface area contributed by atoms with Crippen LogP contribution in [0.1, 0.15) is 17.8 Å². The van der Waals surface area contributed by atoms with E-state index in [0.717, 1.165) is 24.0 Å². The summed E-state index contributed by atoms with van der Waals surface area (Å²) in [6, 6.07) is 4.17. The SMILES string of the molecule is Fc1ccc(-c2nnc(CCNC3CC3)s2)c(F)c1. The number of nitrogens with zero attached hydrogens (tertiary/aromatic N) is 2. The summed E-state index contributed by atoms with van der Waals surface area (Å²) in [4.78, 5) is 0. The molecule has 1 aromatic carbocycles. The molecule has 1 aromatic heterocycles. The van der Waals surface area contributed by atoms with Crippen LogP contribution < -0.4 is 5.32 Å². The minimum Gasteiger partial charge on any atom is -0.314 e. The van der Waals surface area contributed by atoms with Crippen LogP contribution in [0.3, 0.4) is 0 Å². The average molecular weight is 281 g/mol. The Morgan fingerprint density at radius 3 is 2.84 bits per heavy atom. The van der Waals surface area contributed by atoms with Gasteiger partial charge in [0.2, 0.25) is 0 Å². The highest BCUT2D eigenvalue weighted by molar-refractivity contribution is 7.14. The van der Waals surface area contributed by atoms with Crippen molar-refractivity contribution < 1.29 is 8.78 Å². The van der Waals surface area contributed by atoms with E-state index < -0.39 is 11.6 Å². The van der Waals surface area contributed by atoms with Crippen molar-refractivity contribution in [2.45, 2.75) is 25.3 Å². The van der Waals surface area contributed by atoms with Crippen LogP contribution in [0.5, 0.6) is 0 Å². The third-order valence-corrected chi connectivity index (χ3v) is 3.99. The summed E-state index contributed by atoms with van der Waals surface area (Å²) in [5.41, 5.74) is 0.306. The van der Waals surface area contributed by atoms with Crippen LogP contribution in [-0.2, 0) is 6.42 Å². The molecule has 0 bridgehead atoms. The molecule has 0 unspecified atom stereocenters. The molecule has 6 heteroatoms. The summed E-state index contributed by atoms with van der Waals surface area (Å²) in [6.45, 7) is 0.866. The second-order valence-corrected chi connectivity index (χ2v) is 5.67. The van der Waals surface area contributed by atoms with Gasteiger partial charge in [0.05, 0.1) is 0 Å². The molecule has 1 aliphatic carbocycles. The molecule has 2 aromatic rings. The first kappa shape index (κ1) is 12.6. The molecule has 0 radical (unpaired) electrons. The molecular weight excluding hydrogens is 268 g/mol. The zero-order chi connectivity index (χ0) is 13.2. The van der Waals surface area contributed by atoms with Crippen molar-refractivity contribution in [1.29, 1.82) is 0 Å². The van der Waals surface area contributed by atoms with Crippen LogP contribution in [0, 0.1) is 11.6 Å². The lowest BCUT2D eigenvalue weighted by molar-refractivity contribution is 0.585. The molecule has 0 aliphatic heterocycles. The number of aromatic nitrogens is 2. The van der Waals surface area contributed by atoms with Gasteiger partial charge in [-0.2, -0.15) is 0 Å². The number of rotatable bonds is 5. The average Bonchev–Trinajstić information content (AvgIpc) is 3.07. The van der Waals surface area contributed by atoms with Gasteiger partial charge in [-0.1, -0.05) is 11.3 Å². The summed E-state index contributed by atoms with van der Waals surface area (Å²) >= 11 is 1.35. The lowest BCUT2D eigenvalue weighted by Crippen LogP contribution is -2.19. The molecular formula is C13H13F2N3S. The second kappa shape index (κ2) is 5.30. The number of halogens is 2. The van der Waals surface area contributed by atoms with Crippen molar-refractivity contribution >= 4 is 11.3 Å². The number of nitrogens with one attached hydrogen (secondary N) is 1. The maximum absolute atomic E-state index is 13.6. The van der Waals surface area contributed by atoms with E-state index in [-0.39, 0.29) is 0 Å². The third kappa shape index (κ3) is 3.13. The van der Waals surface area contributed by atoms with Gasteiger partial charge in [-0.3, -0.25) is 0 Å². The molecule has 3 nitrogen and oxygen atoms in total. The van der Waals surface area contributed by atoms with Crippen LogP contribution in [-0.4, -0.2) is 22.8 Å². The molecule has 0 atom stereocenters. The van der Waals surface area contributed by atoms with Crippen LogP contribution in [0.25, 0.3) is 10.6 Å². The Balaban J connectivity index is 1.68. The van der Waals surface area contributed by atoms with Gasteiger partial charge < -0.3 is 5.32 Å². The summed E-state index contributed by atoms with van der Waals surface area (Å²) in [7, 11) is 0. The van der Waals surface area contributed by atoms with Gasteiger partial charge in [0.25, 0.3) is 0 Å². The van der Waals surface area contributed by atoms with E-state index >= 15 is 0 Å². The van der Waals surface area contributed by atoms with E-state index in [1.807, 2.05) is 0 Å². The van der Waals surface area contributed by atoms with E-state index in [1.54, 1.807) is 0 Å². The molecule has 1 aliphatic rings. The smallest absolute Gasteiger partial charge is 0.150 e. The van der Waals surface area contributed by atoms with Gasteiger partial charge >= 0.3 is 0 Å². The molecule has 0 amide bonds. The van der Waals surface area contributed by atoms with E-state index in [9.17, 15) is 8.78 Å². The molecule has 1 fully saturated rings. The Labute approximate surface area is 113 Å². The van der Waals surface area contributed by atoms with E-state index in [4.69, 9.17) is 0 Å². The van der Waals surface area contributed by atoms with Crippen LogP contribution >= 0.6 is 11.3 Å². The highest BCUT2D eigenvalue weighted by atomic mass is 32.1. The fraction of sp³-hybridized carbons (Fsp3) is 0.385. The number of hydrogen-bond donors (Lipinski definition) is 1. The van der Waals surface area contributed by atoms with Crippen molar-refractivity contribution in [3.8, 4) is 10.6 Å². The lowest BCUT2D eigenvalue weighted by atomic mass is 10.2. The van der Waals surface area contributed by atoms with Crippen LogP contribution in [0.4, 0.5) is 8.78 Å². The van der Waals surface area contributed by atoms with Gasteiger partial charge in [-0.15, -0.1) is 10.2 Å². The van der Waals surface area contributed by atoms with Gasteiger partial charge in [-0.25, -0.2) is 8.78 Å². The van der Waals surface area contributed by atoms with E-state index in [2.05, 4.69) is 15.5 Å². The fourth-order valence-corrected chi connectivity index (χ4v) is 2.66. The van der Waals surface area contributed by atoms with Gasteiger partial charge in [0.1, 0.15) is 16.6 Å². The Morgan fingerprint density at radius 1 is 1.26 bits per heavy atom. The standard InChI is InChI=1S/C13H13F2N3S/c14-8-1-4-10(11(15)7-8)13-18-17-12(19-13)5-6-16-9-2-3-9/h1,4,7,9,16H,2-3,5-6H2. The van der Waals surface area contributed by atoms with E-state index in [0.29, 0.717) is 16.6 Å². The van der Waals surface area contributed by atoms with Gasteiger partial charge in [0.15, 0.2) is 5.01 Å². The first-order valence-corrected chi connectivity index (χ1v) is 7.05. The molecule has 0 saturated heterocycles. The topological polar surface area (TPSA) is 37.8 Å². The molecule has 1 heterocycles. The van der Waals surface area contributed by atoms with Crippen molar-refractivity contribution in [2.24, 2.45) is 0 Å². The first-order chi connectivity index (χ1) is 9.22. The third-order valence-electron chi connectivity index (χ3n) is 2.98. The summed E-state index contributed by atoms with van der Waals surface area (Å²) < 4.78 is 26.4. The zero-order valence-corrected chi connectivity index (χ0v) is 11.0. The highest BCUT2D eigenvalue weighted by Crippen LogP contribution is 2.26. The molecule has 19 heavy (non-hydrogen) atoms. The maximum Gasteiger partial charge on any atom is 0.150 e. The van der Waals surface area contributed by atoms with Crippen LogP contribution in [0.15, 0.2) is 18.2 Å². The Bertz CT molecular complexity index is 581. The minimum absolute atomic E-state index is 0.306. The monoisotopic (exact) mass is 281 g/mol. The number of benzene rings is 1. The molecule has 1 saturated carbocycles. The van der Waals surface area contributed by atoms with Crippen molar-refractivity contribution in [1.82, 2.24) is 15.5 Å². The minimum atomic E-state index is -0.598. The highest BCUT2D eigenvalue weighted by Gasteiger charge is 2.20. The largest absolute Gasteiger partial charge is 0.314 e. The van der Waals surface area contributed by atoms with Crippen molar-refractivity contribution in [2.75, 3.05) is 6.54 Å². The summed E-state index contributed by atoms with van der Waals surface area (Å²) in [6.07, 6.45) is 3.29. The Morgan fingerprint density at radius 2 is 2.11 bits per heavy atom. The van der Waals surface area contributed by atoms with Crippen molar-refractivity contribution in [3.63, 3.8) is 0 Å². The van der Waals surface area contributed by atoms with Crippen molar-refractivity contribution in [3.05, 3.63) is 34.8 Å². The lowest BCUT2D eigenvalue weighted by Gasteiger charge is -1.98. The predicted molar refractivity (Wildman–Crippen MR) is 70.0 cm³/mol. The maximum atomic E-state index is 13.6. The summed E-state index contributed by atoms with van der Waals surface area (Å²) in [5, 5.41) is 12.8. The molecule has 100 valence electrons. The van der Waals surface area contributed by atoms with Gasteiger partial charge in [-0.05, 0) is 25.0 Å². The second-order valence-electron chi connectivity index (χ2n) is 4.60. The number of hydrogen-bond acceptors (Lipinski definition) is 4. The first-order valence-electron chi connectivity index (χ1n) is 6.23. The Hall–Kier alpha value is -1.40. The fourth-order valence-electron chi connectivity index (χ4n) is 1.80. The molecule has 1 N–H and O–H groups in total. The Kier molecular flexibility index (Phi) is 3.52. The quantitative estimate of drug-likeness (QED) is 0.915. The molecule has 3 rings (SSSR count). The molecule has 0 spiro atoms. The van der Waals surface area contributed by atoms with Crippen LogP contribution in [0.2, 0.25) is 0 Å². The normalized spacial score (nSPS) is 14.8. The van der Waals surface area contributed by atoms with E-state index in [1.165, 1.54) is 36.3 Å². The predicted octanol–water partition coefficient (Wildman–Crippen LogP) is 2.78. The van der Waals surface area contributed by atoms with Gasteiger partial charge in [0, 0.05) is 30.6 Å². The zero-order valence-electron chi connectivity index (χ0n) is 10.2. The summed E-state index contributed by atoms with van der Waals surface area (Å²) in [5.74, 6) is -1.18.